The maximum atomic E-state index is 6.88. The van der Waals surface area contributed by atoms with Crippen molar-refractivity contribution in [2.75, 3.05) is 0 Å². The van der Waals surface area contributed by atoms with Crippen LogP contribution in [0.25, 0.3) is 43.4 Å². The quantitative estimate of drug-likeness (QED) is 0.0786. The predicted molar refractivity (Wildman–Crippen MR) is 210 cm³/mol. The Kier molecular flexibility index (Phi) is 7.39. The number of benzene rings is 8. The molecule has 8 aromatic carbocycles. The van der Waals surface area contributed by atoms with Crippen molar-refractivity contribution < 1.29 is 0 Å². The monoisotopic (exact) mass is 643 g/mol. The molecular formula is C47H37N3. The molecule has 3 N–H and O–H groups in total. The first-order valence-electron chi connectivity index (χ1n) is 17.3. The summed E-state index contributed by atoms with van der Waals surface area (Å²) in [6, 6.07) is 60.6. The molecule has 0 bridgehead atoms. The standard InChI is InChI=1S/C47H37N3/c1-47(36-18-6-3-7-19-36)42-23-13-12-22-39(42)40-29-35(26-27-43(40)47)46(50-45(48)32-15-4-2-5-16-32)49-30-41-37-20-10-9-17-33(37)28-34-25-24-31-14-8-11-21-38(31)44(34)41/h2-30,45-46,50H,48H2,1H3. The van der Waals surface area contributed by atoms with Crippen LogP contribution in [0.2, 0.25) is 0 Å². The zero-order valence-electron chi connectivity index (χ0n) is 27.9. The molecule has 3 heteroatoms. The molecule has 3 atom stereocenters. The van der Waals surface area contributed by atoms with E-state index in [4.69, 9.17) is 10.7 Å². The molecule has 0 spiro atoms. The number of hydrogen-bond donors (Lipinski definition) is 2. The van der Waals surface area contributed by atoms with Gasteiger partial charge in [-0.2, -0.15) is 0 Å². The molecule has 0 fully saturated rings. The molecule has 3 unspecified atom stereocenters. The fourth-order valence-corrected chi connectivity index (χ4v) is 8.09. The fraction of sp³-hybridized carbons (Fsp3) is 0.0851. The van der Waals surface area contributed by atoms with E-state index in [1.54, 1.807) is 0 Å². The molecule has 9 rings (SSSR count). The van der Waals surface area contributed by atoms with Crippen LogP contribution in [0.1, 0.15) is 52.6 Å². The Morgan fingerprint density at radius 3 is 2.02 bits per heavy atom. The first kappa shape index (κ1) is 30.2. The van der Waals surface area contributed by atoms with Crippen LogP contribution in [0.15, 0.2) is 175 Å². The van der Waals surface area contributed by atoms with Gasteiger partial charge >= 0.3 is 0 Å². The molecule has 0 aliphatic heterocycles. The molecule has 8 aromatic rings. The molecule has 0 saturated carbocycles. The summed E-state index contributed by atoms with van der Waals surface area (Å²) in [4.78, 5) is 5.40. The van der Waals surface area contributed by atoms with Gasteiger partial charge in [-0.25, -0.2) is 0 Å². The number of nitrogens with two attached hydrogens (primary N) is 1. The lowest BCUT2D eigenvalue weighted by atomic mass is 9.74. The summed E-state index contributed by atoms with van der Waals surface area (Å²) in [5, 5.41) is 10.9. The molecule has 50 heavy (non-hydrogen) atoms. The number of hydrogen-bond acceptors (Lipinski definition) is 3. The van der Waals surface area contributed by atoms with E-state index in [0.717, 1.165) is 16.7 Å². The summed E-state index contributed by atoms with van der Waals surface area (Å²) in [5.41, 5.74) is 16.2. The van der Waals surface area contributed by atoms with Gasteiger partial charge in [0, 0.05) is 17.2 Å². The maximum absolute atomic E-state index is 6.88. The smallest absolute Gasteiger partial charge is 0.127 e. The van der Waals surface area contributed by atoms with Gasteiger partial charge in [0.1, 0.15) is 6.17 Å². The van der Waals surface area contributed by atoms with Crippen molar-refractivity contribution in [1.82, 2.24) is 5.32 Å². The molecule has 1 aliphatic rings. The van der Waals surface area contributed by atoms with Crippen LogP contribution in [0.3, 0.4) is 0 Å². The van der Waals surface area contributed by atoms with E-state index in [0.29, 0.717) is 0 Å². The van der Waals surface area contributed by atoms with Gasteiger partial charge in [0.15, 0.2) is 0 Å². The van der Waals surface area contributed by atoms with Gasteiger partial charge in [0.25, 0.3) is 0 Å². The van der Waals surface area contributed by atoms with E-state index in [1.165, 1.54) is 60.1 Å². The molecule has 0 radical (unpaired) electrons. The van der Waals surface area contributed by atoms with Gasteiger partial charge in [0.05, 0.1) is 6.17 Å². The Morgan fingerprint density at radius 2 is 1.20 bits per heavy atom. The van der Waals surface area contributed by atoms with E-state index < -0.39 is 12.3 Å². The minimum absolute atomic E-state index is 0.263. The van der Waals surface area contributed by atoms with E-state index in [-0.39, 0.29) is 5.41 Å². The van der Waals surface area contributed by atoms with Crippen molar-refractivity contribution in [1.29, 1.82) is 0 Å². The summed E-state index contributed by atoms with van der Waals surface area (Å²) >= 11 is 0. The van der Waals surface area contributed by atoms with Gasteiger partial charge in [-0.05, 0) is 90.3 Å². The third-order valence-electron chi connectivity index (χ3n) is 10.6. The Labute approximate surface area is 292 Å². The van der Waals surface area contributed by atoms with Crippen LogP contribution in [0.4, 0.5) is 0 Å². The molecule has 3 nitrogen and oxygen atoms in total. The normalized spacial score (nSPS) is 16.5. The zero-order chi connectivity index (χ0) is 33.7. The number of aliphatic imine (C=N–C) groups is 1. The number of rotatable bonds is 7. The van der Waals surface area contributed by atoms with Crippen LogP contribution >= 0.6 is 0 Å². The third kappa shape index (κ3) is 4.94. The highest BCUT2D eigenvalue weighted by atomic mass is 15.1. The fourth-order valence-electron chi connectivity index (χ4n) is 8.09. The number of nitrogens with one attached hydrogen (secondary N) is 1. The second-order valence-corrected chi connectivity index (χ2v) is 13.5. The van der Waals surface area contributed by atoms with Crippen molar-refractivity contribution in [3.8, 4) is 11.1 Å². The van der Waals surface area contributed by atoms with Crippen molar-refractivity contribution in [3.63, 3.8) is 0 Å². The summed E-state index contributed by atoms with van der Waals surface area (Å²) in [5.74, 6) is 0. The van der Waals surface area contributed by atoms with Gasteiger partial charge in [-0.3, -0.25) is 10.3 Å². The van der Waals surface area contributed by atoms with Gasteiger partial charge in [-0.15, -0.1) is 0 Å². The summed E-state index contributed by atoms with van der Waals surface area (Å²) < 4.78 is 0. The molecule has 0 heterocycles. The maximum Gasteiger partial charge on any atom is 0.127 e. The van der Waals surface area contributed by atoms with Crippen molar-refractivity contribution >= 4 is 38.5 Å². The Morgan fingerprint density at radius 1 is 0.560 bits per heavy atom. The SMILES string of the molecule is CC1(c2ccccc2)c2ccccc2-c2cc(C(N=Cc3c4ccccc4cc4ccc5ccccc5c34)NC(N)c3ccccc3)ccc21. The molecule has 0 aromatic heterocycles. The summed E-state index contributed by atoms with van der Waals surface area (Å²) in [7, 11) is 0. The summed E-state index contributed by atoms with van der Waals surface area (Å²) in [6.45, 7) is 2.35. The van der Waals surface area contributed by atoms with E-state index in [1.807, 2.05) is 18.2 Å². The minimum atomic E-state index is -0.418. The van der Waals surface area contributed by atoms with Crippen molar-refractivity contribution in [3.05, 3.63) is 203 Å². The Balaban J connectivity index is 1.23. The molecule has 1 aliphatic carbocycles. The Bertz CT molecular complexity index is 2560. The second-order valence-electron chi connectivity index (χ2n) is 13.5. The van der Waals surface area contributed by atoms with Gasteiger partial charge in [0.2, 0.25) is 0 Å². The van der Waals surface area contributed by atoms with Gasteiger partial charge in [-0.1, -0.05) is 158 Å². The lowest BCUT2D eigenvalue weighted by Crippen LogP contribution is -2.31. The molecule has 240 valence electrons. The lowest BCUT2D eigenvalue weighted by molar-refractivity contribution is 0.467. The predicted octanol–water partition coefficient (Wildman–Crippen LogP) is 10.8. The van der Waals surface area contributed by atoms with E-state index in [9.17, 15) is 0 Å². The molecule has 0 saturated heterocycles. The Hall–Kier alpha value is -5.87. The van der Waals surface area contributed by atoms with Crippen LogP contribution < -0.4 is 11.1 Å². The minimum Gasteiger partial charge on any atom is -0.312 e. The highest BCUT2D eigenvalue weighted by Gasteiger charge is 2.40. The van der Waals surface area contributed by atoms with Crippen molar-refractivity contribution in [2.45, 2.75) is 24.7 Å². The highest BCUT2D eigenvalue weighted by molar-refractivity contribution is 6.21. The molecule has 0 amide bonds. The van der Waals surface area contributed by atoms with Crippen LogP contribution in [-0.2, 0) is 5.41 Å². The van der Waals surface area contributed by atoms with Crippen molar-refractivity contribution in [2.24, 2.45) is 10.7 Å². The van der Waals surface area contributed by atoms with E-state index in [2.05, 4.69) is 170 Å². The van der Waals surface area contributed by atoms with Gasteiger partial charge < -0.3 is 5.73 Å². The summed E-state index contributed by atoms with van der Waals surface area (Å²) in [6.07, 6.45) is 1.25. The van der Waals surface area contributed by atoms with Crippen LogP contribution in [0.5, 0.6) is 0 Å². The first-order valence-corrected chi connectivity index (χ1v) is 17.3. The first-order chi connectivity index (χ1) is 24.6. The second kappa shape index (κ2) is 12.2. The third-order valence-corrected chi connectivity index (χ3v) is 10.6. The topological polar surface area (TPSA) is 50.4 Å². The average Bonchev–Trinajstić information content (AvgIpc) is 3.44. The number of nitrogens with zero attached hydrogens (tertiary/aromatic N) is 1. The molecular weight excluding hydrogens is 607 g/mol. The van der Waals surface area contributed by atoms with E-state index >= 15 is 0 Å². The van der Waals surface area contributed by atoms with Crippen LogP contribution in [-0.4, -0.2) is 6.21 Å². The van der Waals surface area contributed by atoms with Crippen LogP contribution in [0, 0.1) is 0 Å². The zero-order valence-corrected chi connectivity index (χ0v) is 27.9. The average molecular weight is 644 g/mol. The number of fused-ring (bicyclic) bond motifs is 7. The lowest BCUT2D eigenvalue weighted by Gasteiger charge is -2.28. The largest absolute Gasteiger partial charge is 0.312 e. The highest BCUT2D eigenvalue weighted by Crippen LogP contribution is 2.52.